The molecule has 0 fully saturated rings. The summed E-state index contributed by atoms with van der Waals surface area (Å²) in [5.41, 5.74) is 0. The molecule has 0 radical (unpaired) electrons. The number of hydrogen-bond donors (Lipinski definition) is 3. The smallest absolute Gasteiger partial charge is 0.250 e. The van der Waals surface area contributed by atoms with E-state index in [1.54, 1.807) is 0 Å². The molecule has 0 saturated heterocycles. The Hall–Kier alpha value is -0.180. The van der Waals surface area contributed by atoms with Crippen LogP contribution in [0.5, 0.6) is 0 Å². The lowest BCUT2D eigenvalue weighted by Gasteiger charge is -2.09. The number of halogens is 1. The number of thiophene rings is 1. The summed E-state index contributed by atoms with van der Waals surface area (Å²) < 4.78 is 26.0. The van der Waals surface area contributed by atoms with E-state index < -0.39 is 16.1 Å². The van der Waals surface area contributed by atoms with Gasteiger partial charge in [-0.05, 0) is 18.6 Å². The van der Waals surface area contributed by atoms with Crippen LogP contribution >= 0.6 is 22.9 Å². The predicted molar refractivity (Wildman–Crippen MR) is 62.2 cm³/mol. The molecule has 1 aromatic rings. The molecule has 0 bridgehead atoms. The molecule has 0 amide bonds. The van der Waals surface area contributed by atoms with Gasteiger partial charge in [0.25, 0.3) is 0 Å². The molecule has 1 heterocycles. The molecule has 1 rings (SSSR count). The van der Waals surface area contributed by atoms with E-state index >= 15 is 0 Å². The molecule has 1 atom stereocenters. The van der Waals surface area contributed by atoms with Crippen molar-refractivity contribution in [2.24, 2.45) is 0 Å². The molecule has 0 saturated carbocycles. The van der Waals surface area contributed by atoms with Crippen molar-refractivity contribution in [3.63, 3.8) is 0 Å². The molecule has 0 unspecified atom stereocenters. The first-order chi connectivity index (χ1) is 7.45. The summed E-state index contributed by atoms with van der Waals surface area (Å²) in [6, 6.07) is 2.89. The molecule has 0 aliphatic carbocycles. The Bertz CT molecular complexity index is 431. The number of hydrogen-bond acceptors (Lipinski definition) is 5. The van der Waals surface area contributed by atoms with Gasteiger partial charge in [-0.3, -0.25) is 0 Å². The molecule has 92 valence electrons. The Balaban J connectivity index is 2.59. The van der Waals surface area contributed by atoms with E-state index in [0.29, 0.717) is 4.34 Å². The van der Waals surface area contributed by atoms with Gasteiger partial charge in [0, 0.05) is 13.2 Å². The fourth-order valence-electron chi connectivity index (χ4n) is 0.970. The topological polar surface area (TPSA) is 86.6 Å². The minimum atomic E-state index is -3.61. The zero-order valence-corrected chi connectivity index (χ0v) is 10.6. The second kappa shape index (κ2) is 5.95. The van der Waals surface area contributed by atoms with Crippen LogP contribution in [0.4, 0.5) is 0 Å². The van der Waals surface area contributed by atoms with Gasteiger partial charge in [-0.1, -0.05) is 11.6 Å². The minimum Gasteiger partial charge on any atom is -0.396 e. The standard InChI is InChI=1S/C8H12ClNO4S2/c9-7-1-2-8(15-7)16(13,14)10-5-6(12)3-4-11/h1-2,6,10-12H,3-5H2/t6-/m1/s1. The fraction of sp³-hybridized carbons (Fsp3) is 0.500. The van der Waals surface area contributed by atoms with Gasteiger partial charge in [0.15, 0.2) is 0 Å². The van der Waals surface area contributed by atoms with Crippen LogP contribution in [-0.2, 0) is 10.0 Å². The zero-order chi connectivity index (χ0) is 12.2. The van der Waals surface area contributed by atoms with Crippen molar-refractivity contribution in [2.45, 2.75) is 16.7 Å². The largest absolute Gasteiger partial charge is 0.396 e. The number of rotatable bonds is 6. The number of nitrogens with one attached hydrogen (secondary N) is 1. The molecule has 16 heavy (non-hydrogen) atoms. The van der Waals surface area contributed by atoms with Gasteiger partial charge >= 0.3 is 0 Å². The first-order valence-electron chi connectivity index (χ1n) is 4.49. The first kappa shape index (κ1) is 13.9. The lowest BCUT2D eigenvalue weighted by atomic mass is 10.3. The predicted octanol–water partition coefficient (Wildman–Crippen LogP) is 0.423. The average Bonchev–Trinajstić information content (AvgIpc) is 2.63. The quantitative estimate of drug-likeness (QED) is 0.707. The highest BCUT2D eigenvalue weighted by Gasteiger charge is 2.17. The van der Waals surface area contributed by atoms with Gasteiger partial charge in [-0.25, -0.2) is 13.1 Å². The molecule has 0 aromatic carbocycles. The summed E-state index contributed by atoms with van der Waals surface area (Å²) in [6.07, 6.45) is -0.761. The van der Waals surface area contributed by atoms with Crippen molar-refractivity contribution in [1.82, 2.24) is 4.72 Å². The summed E-state index contributed by atoms with van der Waals surface area (Å²) in [6.45, 7) is -0.313. The zero-order valence-electron chi connectivity index (χ0n) is 8.26. The van der Waals surface area contributed by atoms with Crippen molar-refractivity contribution >= 4 is 33.0 Å². The minimum absolute atomic E-state index is 0.105. The monoisotopic (exact) mass is 285 g/mol. The third-order valence-electron chi connectivity index (χ3n) is 1.78. The molecule has 3 N–H and O–H groups in total. The van der Waals surface area contributed by atoms with Crippen LogP contribution in [0, 0.1) is 0 Å². The molecule has 0 aliphatic rings. The van der Waals surface area contributed by atoms with Gasteiger partial charge in [0.2, 0.25) is 10.0 Å². The Kier molecular flexibility index (Phi) is 5.16. The van der Waals surface area contributed by atoms with E-state index in [1.165, 1.54) is 12.1 Å². The molecule has 8 heteroatoms. The summed E-state index contributed by atoms with van der Waals surface area (Å²) in [5.74, 6) is 0. The number of sulfonamides is 1. The highest BCUT2D eigenvalue weighted by Crippen LogP contribution is 2.25. The van der Waals surface area contributed by atoms with Crippen LogP contribution in [0.1, 0.15) is 6.42 Å². The highest BCUT2D eigenvalue weighted by atomic mass is 35.5. The normalized spacial score (nSPS) is 13.9. The summed E-state index contributed by atoms with van der Waals surface area (Å²) in [7, 11) is -3.61. The Labute approximate surface area is 103 Å². The maximum Gasteiger partial charge on any atom is 0.250 e. The van der Waals surface area contributed by atoms with E-state index in [9.17, 15) is 13.5 Å². The second-order valence-electron chi connectivity index (χ2n) is 3.08. The van der Waals surface area contributed by atoms with Crippen LogP contribution in [0.3, 0.4) is 0 Å². The summed E-state index contributed by atoms with van der Waals surface area (Å²) in [4.78, 5) is 0. The van der Waals surface area contributed by atoms with Crippen LogP contribution in [0.15, 0.2) is 16.3 Å². The van der Waals surface area contributed by atoms with Gasteiger partial charge in [-0.2, -0.15) is 0 Å². The summed E-state index contributed by atoms with van der Waals surface area (Å²) >= 11 is 6.57. The SMILES string of the molecule is O=S(=O)(NC[C@H](O)CCO)c1ccc(Cl)s1. The van der Waals surface area contributed by atoms with E-state index in [2.05, 4.69) is 4.72 Å². The Morgan fingerprint density at radius 2 is 2.19 bits per heavy atom. The molecular formula is C8H12ClNO4S2. The average molecular weight is 286 g/mol. The fourth-order valence-corrected chi connectivity index (χ4v) is 3.57. The summed E-state index contributed by atoms with van der Waals surface area (Å²) in [5, 5.41) is 17.8. The van der Waals surface area contributed by atoms with Crippen molar-refractivity contribution in [3.05, 3.63) is 16.5 Å². The molecule has 1 aromatic heterocycles. The van der Waals surface area contributed by atoms with Crippen molar-refractivity contribution in [2.75, 3.05) is 13.2 Å². The maximum atomic E-state index is 11.6. The molecule has 5 nitrogen and oxygen atoms in total. The van der Waals surface area contributed by atoms with Gasteiger partial charge < -0.3 is 10.2 Å². The lowest BCUT2D eigenvalue weighted by Crippen LogP contribution is -2.32. The second-order valence-corrected chi connectivity index (χ2v) is 6.79. The van der Waals surface area contributed by atoms with Crippen molar-refractivity contribution < 1.29 is 18.6 Å². The van der Waals surface area contributed by atoms with E-state index in [4.69, 9.17) is 16.7 Å². The van der Waals surface area contributed by atoms with Crippen LogP contribution in [0.2, 0.25) is 4.34 Å². The van der Waals surface area contributed by atoms with E-state index in [0.717, 1.165) is 11.3 Å². The van der Waals surface area contributed by atoms with Crippen LogP contribution < -0.4 is 4.72 Å². The van der Waals surface area contributed by atoms with Gasteiger partial charge in [-0.15, -0.1) is 11.3 Å². The number of aliphatic hydroxyl groups excluding tert-OH is 2. The Morgan fingerprint density at radius 3 is 2.69 bits per heavy atom. The molecule has 0 aliphatic heterocycles. The first-order valence-corrected chi connectivity index (χ1v) is 7.17. The third kappa shape index (κ3) is 4.00. The van der Waals surface area contributed by atoms with Gasteiger partial charge in [0.1, 0.15) is 4.21 Å². The highest BCUT2D eigenvalue weighted by molar-refractivity contribution is 7.91. The number of aliphatic hydroxyl groups is 2. The lowest BCUT2D eigenvalue weighted by molar-refractivity contribution is 0.136. The van der Waals surface area contributed by atoms with Crippen molar-refractivity contribution in [1.29, 1.82) is 0 Å². The van der Waals surface area contributed by atoms with Crippen LogP contribution in [0.25, 0.3) is 0 Å². The third-order valence-corrected chi connectivity index (χ3v) is 4.93. The Morgan fingerprint density at radius 1 is 1.50 bits per heavy atom. The molecule has 0 spiro atoms. The van der Waals surface area contributed by atoms with Gasteiger partial charge in [0.05, 0.1) is 10.4 Å². The van der Waals surface area contributed by atoms with Crippen LogP contribution in [-0.4, -0.2) is 37.9 Å². The maximum absolute atomic E-state index is 11.6. The van der Waals surface area contributed by atoms with E-state index in [1.807, 2.05) is 0 Å². The van der Waals surface area contributed by atoms with Crippen molar-refractivity contribution in [3.8, 4) is 0 Å². The molecular weight excluding hydrogens is 274 g/mol. The van der Waals surface area contributed by atoms with E-state index in [-0.39, 0.29) is 23.8 Å².